The zero-order chi connectivity index (χ0) is 14.8. The average Bonchev–Trinajstić information content (AvgIpc) is 2.94. The minimum absolute atomic E-state index is 0.0308. The lowest BCUT2D eigenvalue weighted by atomic mass is 9.88. The molecule has 4 N–H and O–H groups in total. The molecule has 0 aromatic heterocycles. The van der Waals surface area contributed by atoms with E-state index in [2.05, 4.69) is 15.8 Å². The highest BCUT2D eigenvalue weighted by Gasteiger charge is 2.32. The molecule has 114 valence electrons. The highest BCUT2D eigenvalue weighted by molar-refractivity contribution is 5.63. The van der Waals surface area contributed by atoms with E-state index in [-0.39, 0.29) is 16.8 Å². The van der Waals surface area contributed by atoms with Gasteiger partial charge in [0.2, 0.25) is 0 Å². The van der Waals surface area contributed by atoms with Crippen LogP contribution in [-0.4, -0.2) is 30.2 Å². The Kier molecular flexibility index (Phi) is 4.05. The summed E-state index contributed by atoms with van der Waals surface area (Å²) in [4.78, 5) is 12.9. The van der Waals surface area contributed by atoms with Gasteiger partial charge in [-0.3, -0.25) is 15.5 Å². The molecule has 0 radical (unpaired) electrons. The molecule has 1 aromatic rings. The number of rotatable bonds is 3. The van der Waals surface area contributed by atoms with Gasteiger partial charge in [0.05, 0.1) is 11.1 Å². The Labute approximate surface area is 123 Å². The summed E-state index contributed by atoms with van der Waals surface area (Å²) in [6, 6.07) is 7.39. The van der Waals surface area contributed by atoms with Crippen molar-refractivity contribution in [3.8, 4) is 0 Å². The van der Waals surface area contributed by atoms with E-state index in [1.165, 1.54) is 0 Å². The van der Waals surface area contributed by atoms with Gasteiger partial charge in [-0.25, -0.2) is 5.43 Å². The number of nitrogens with two attached hydrogens (primary N) is 1. The van der Waals surface area contributed by atoms with Crippen molar-refractivity contribution in [2.75, 3.05) is 18.0 Å². The first-order valence-electron chi connectivity index (χ1n) is 7.40. The molecular weight excluding hydrogens is 270 g/mol. The summed E-state index contributed by atoms with van der Waals surface area (Å²) in [5, 5.41) is 11.1. The Hall–Kier alpha value is -1.70. The fourth-order valence-electron chi connectivity index (χ4n) is 3.34. The van der Waals surface area contributed by atoms with E-state index in [0.717, 1.165) is 38.0 Å². The van der Waals surface area contributed by atoms with Gasteiger partial charge in [0.1, 0.15) is 5.69 Å². The normalized spacial score (nSPS) is 27.0. The summed E-state index contributed by atoms with van der Waals surface area (Å²) in [5.74, 6) is 0.574. The molecule has 0 saturated carbocycles. The lowest BCUT2D eigenvalue weighted by Gasteiger charge is -2.35. The van der Waals surface area contributed by atoms with Crippen LogP contribution in [0, 0.1) is 16.0 Å². The number of nitro benzene ring substituents is 1. The predicted molar refractivity (Wildman–Crippen MR) is 80.7 cm³/mol. The molecule has 2 atom stereocenters. The number of benzene rings is 1. The van der Waals surface area contributed by atoms with Crippen LogP contribution in [-0.2, 0) is 0 Å². The predicted octanol–water partition coefficient (Wildman–Crippen LogP) is 0.962. The number of para-hydroxylation sites is 2. The summed E-state index contributed by atoms with van der Waals surface area (Å²) in [6.45, 7) is 1.70. The number of hydrogen-bond donors (Lipinski definition) is 3. The maximum absolute atomic E-state index is 11.1. The Morgan fingerprint density at radius 1 is 1.24 bits per heavy atom. The van der Waals surface area contributed by atoms with E-state index in [0.29, 0.717) is 12.0 Å². The zero-order valence-corrected chi connectivity index (χ0v) is 11.9. The van der Waals surface area contributed by atoms with Gasteiger partial charge < -0.3 is 10.6 Å². The minimum atomic E-state index is -0.303. The van der Waals surface area contributed by atoms with Crippen LogP contribution in [0.3, 0.4) is 0 Å². The number of piperidine rings is 1. The molecule has 2 heterocycles. The topological polar surface area (TPSA) is 96.5 Å². The molecule has 0 bridgehead atoms. The van der Waals surface area contributed by atoms with Crippen LogP contribution in [0.15, 0.2) is 24.3 Å². The number of hydrazine groups is 1. The highest BCUT2D eigenvalue weighted by Crippen LogP contribution is 2.32. The average molecular weight is 291 g/mol. The maximum Gasteiger partial charge on any atom is 0.292 e. The van der Waals surface area contributed by atoms with Gasteiger partial charge in [0.25, 0.3) is 5.69 Å². The summed E-state index contributed by atoms with van der Waals surface area (Å²) < 4.78 is 0. The summed E-state index contributed by atoms with van der Waals surface area (Å²) in [7, 11) is 0. The molecule has 0 aliphatic carbocycles. The van der Waals surface area contributed by atoms with Crippen molar-refractivity contribution >= 4 is 11.4 Å². The first-order valence-corrected chi connectivity index (χ1v) is 7.40. The van der Waals surface area contributed by atoms with Gasteiger partial charge in [0, 0.05) is 25.2 Å². The molecule has 2 fully saturated rings. The van der Waals surface area contributed by atoms with Crippen molar-refractivity contribution in [2.45, 2.75) is 31.5 Å². The SMILES string of the molecule is NC1CC(C2CCN(c3ccccc3[N+](=O)[O-])CC2)NN1. The molecule has 21 heavy (non-hydrogen) atoms. The van der Waals surface area contributed by atoms with Gasteiger partial charge in [-0.1, -0.05) is 12.1 Å². The molecule has 0 amide bonds. The Bertz CT molecular complexity index is 516. The van der Waals surface area contributed by atoms with Crippen LogP contribution in [0.2, 0.25) is 0 Å². The Morgan fingerprint density at radius 3 is 2.57 bits per heavy atom. The molecule has 2 aliphatic rings. The first kappa shape index (κ1) is 14.2. The quantitative estimate of drug-likeness (QED) is 0.567. The van der Waals surface area contributed by atoms with Crippen molar-refractivity contribution in [2.24, 2.45) is 11.7 Å². The standard InChI is InChI=1S/C14H21N5O2/c15-14-9-11(16-17-14)10-5-7-18(8-6-10)12-3-1-2-4-13(12)19(20)21/h1-4,10-11,14,16-17H,5-9,15H2. The van der Waals surface area contributed by atoms with E-state index in [9.17, 15) is 10.1 Å². The van der Waals surface area contributed by atoms with Crippen LogP contribution in [0.25, 0.3) is 0 Å². The van der Waals surface area contributed by atoms with Crippen LogP contribution >= 0.6 is 0 Å². The third kappa shape index (κ3) is 2.99. The van der Waals surface area contributed by atoms with Crippen LogP contribution in [0.5, 0.6) is 0 Å². The second-order valence-electron chi connectivity index (χ2n) is 5.81. The number of nitrogens with zero attached hydrogens (tertiary/aromatic N) is 2. The van der Waals surface area contributed by atoms with Crippen molar-refractivity contribution in [1.29, 1.82) is 0 Å². The summed E-state index contributed by atoms with van der Waals surface area (Å²) in [5.41, 5.74) is 13.1. The monoisotopic (exact) mass is 291 g/mol. The molecule has 2 unspecified atom stereocenters. The maximum atomic E-state index is 11.1. The molecule has 2 aliphatic heterocycles. The van der Waals surface area contributed by atoms with E-state index in [1.807, 2.05) is 12.1 Å². The third-order valence-electron chi connectivity index (χ3n) is 4.49. The van der Waals surface area contributed by atoms with E-state index >= 15 is 0 Å². The third-order valence-corrected chi connectivity index (χ3v) is 4.49. The van der Waals surface area contributed by atoms with Crippen LogP contribution in [0.4, 0.5) is 11.4 Å². The molecule has 7 heteroatoms. The number of anilines is 1. The van der Waals surface area contributed by atoms with Gasteiger partial charge in [-0.2, -0.15) is 0 Å². The Morgan fingerprint density at radius 2 is 1.95 bits per heavy atom. The van der Waals surface area contributed by atoms with Gasteiger partial charge >= 0.3 is 0 Å². The summed E-state index contributed by atoms with van der Waals surface area (Å²) in [6.07, 6.45) is 3.02. The smallest absolute Gasteiger partial charge is 0.292 e. The summed E-state index contributed by atoms with van der Waals surface area (Å²) >= 11 is 0. The van der Waals surface area contributed by atoms with Crippen LogP contribution < -0.4 is 21.5 Å². The largest absolute Gasteiger partial charge is 0.366 e. The number of hydrogen-bond acceptors (Lipinski definition) is 6. The lowest BCUT2D eigenvalue weighted by Crippen LogP contribution is -2.43. The van der Waals surface area contributed by atoms with Gasteiger partial charge in [-0.15, -0.1) is 0 Å². The minimum Gasteiger partial charge on any atom is -0.366 e. The van der Waals surface area contributed by atoms with Crippen molar-refractivity contribution in [3.05, 3.63) is 34.4 Å². The van der Waals surface area contributed by atoms with Crippen molar-refractivity contribution < 1.29 is 4.92 Å². The fraction of sp³-hybridized carbons (Fsp3) is 0.571. The molecule has 1 aromatic carbocycles. The molecule has 2 saturated heterocycles. The van der Waals surface area contributed by atoms with E-state index < -0.39 is 0 Å². The van der Waals surface area contributed by atoms with Gasteiger partial charge in [0.15, 0.2) is 0 Å². The molecule has 7 nitrogen and oxygen atoms in total. The molecular formula is C14H21N5O2. The Balaban J connectivity index is 1.65. The lowest BCUT2D eigenvalue weighted by molar-refractivity contribution is -0.384. The van der Waals surface area contributed by atoms with Gasteiger partial charge in [-0.05, 0) is 31.2 Å². The highest BCUT2D eigenvalue weighted by atomic mass is 16.6. The number of nitro groups is 1. The molecule has 3 rings (SSSR count). The van der Waals surface area contributed by atoms with Crippen molar-refractivity contribution in [1.82, 2.24) is 10.9 Å². The fourth-order valence-corrected chi connectivity index (χ4v) is 3.34. The van der Waals surface area contributed by atoms with E-state index in [4.69, 9.17) is 5.73 Å². The van der Waals surface area contributed by atoms with Crippen LogP contribution in [0.1, 0.15) is 19.3 Å². The first-order chi connectivity index (χ1) is 10.1. The molecule has 0 spiro atoms. The number of nitrogens with one attached hydrogen (secondary N) is 2. The second-order valence-corrected chi connectivity index (χ2v) is 5.81. The zero-order valence-electron chi connectivity index (χ0n) is 11.9. The van der Waals surface area contributed by atoms with E-state index in [1.54, 1.807) is 12.1 Å². The van der Waals surface area contributed by atoms with Crippen molar-refractivity contribution in [3.63, 3.8) is 0 Å². The second kappa shape index (κ2) is 5.97.